The molecular weight excluding hydrogens is 206 g/mol. The van der Waals surface area contributed by atoms with Crippen LogP contribution in [0.4, 0.5) is 11.5 Å². The van der Waals surface area contributed by atoms with Crippen molar-refractivity contribution in [2.75, 3.05) is 23.8 Å². The van der Waals surface area contributed by atoms with Crippen LogP contribution in [0, 0.1) is 0 Å². The first-order chi connectivity index (χ1) is 7.50. The van der Waals surface area contributed by atoms with Gasteiger partial charge < -0.3 is 15.4 Å². The lowest BCUT2D eigenvalue weighted by Crippen LogP contribution is -2.53. The minimum Gasteiger partial charge on any atom is -0.384 e. The van der Waals surface area contributed by atoms with Gasteiger partial charge in [0, 0.05) is 6.54 Å². The molecule has 0 spiro atoms. The van der Waals surface area contributed by atoms with Crippen LogP contribution in [0.25, 0.3) is 0 Å². The lowest BCUT2D eigenvalue weighted by Gasteiger charge is -2.36. The summed E-state index contributed by atoms with van der Waals surface area (Å²) in [4.78, 5) is 17.7. The average molecular weight is 221 g/mol. The number of nitrogen functional groups attached to an aromatic ring is 1. The fourth-order valence-corrected chi connectivity index (χ4v) is 1.68. The average Bonchev–Trinajstić information content (AvgIpc) is 2.24. The van der Waals surface area contributed by atoms with Gasteiger partial charge in [0.05, 0.1) is 18.5 Å². The first-order valence-electron chi connectivity index (χ1n) is 5.18. The number of hydrogen-bond donors (Lipinski definition) is 1. The van der Waals surface area contributed by atoms with E-state index >= 15 is 0 Å². The number of rotatable bonds is 1. The first-order valence-corrected chi connectivity index (χ1v) is 5.18. The maximum absolute atomic E-state index is 12.1. The molecule has 2 heterocycles. The molecule has 1 saturated heterocycles. The number of ether oxygens (including phenoxy) is 1. The molecule has 86 valence electrons. The van der Waals surface area contributed by atoms with Crippen LogP contribution in [-0.2, 0) is 9.53 Å². The highest BCUT2D eigenvalue weighted by molar-refractivity contribution is 5.99. The first kappa shape index (κ1) is 10.9. The Balaban J connectivity index is 2.27. The molecule has 1 aliphatic rings. The van der Waals surface area contributed by atoms with Crippen molar-refractivity contribution in [3.05, 3.63) is 18.3 Å². The predicted octanol–water partition coefficient (Wildman–Crippen LogP) is 0.806. The molecule has 1 fully saturated rings. The Labute approximate surface area is 94.2 Å². The molecule has 1 aromatic heterocycles. The van der Waals surface area contributed by atoms with E-state index in [2.05, 4.69) is 4.98 Å². The Kier molecular flexibility index (Phi) is 2.55. The van der Waals surface area contributed by atoms with Gasteiger partial charge in [0.25, 0.3) is 5.91 Å². The third kappa shape index (κ3) is 1.86. The van der Waals surface area contributed by atoms with E-state index in [4.69, 9.17) is 10.5 Å². The third-order valence-electron chi connectivity index (χ3n) is 2.62. The maximum atomic E-state index is 12.1. The Morgan fingerprint density at radius 2 is 2.25 bits per heavy atom. The number of nitrogens with zero attached hydrogens (tertiary/aromatic N) is 2. The minimum absolute atomic E-state index is 0.0506. The van der Waals surface area contributed by atoms with Gasteiger partial charge in [-0.05, 0) is 26.0 Å². The van der Waals surface area contributed by atoms with Crippen molar-refractivity contribution in [1.29, 1.82) is 0 Å². The Morgan fingerprint density at radius 1 is 1.50 bits per heavy atom. The molecule has 2 rings (SSSR count). The Morgan fingerprint density at radius 3 is 2.88 bits per heavy atom. The van der Waals surface area contributed by atoms with Crippen LogP contribution in [0.2, 0.25) is 0 Å². The highest BCUT2D eigenvalue weighted by atomic mass is 16.5. The molecule has 2 N–H and O–H groups in total. The minimum atomic E-state index is -0.764. The maximum Gasteiger partial charge on any atom is 0.258 e. The zero-order valence-electron chi connectivity index (χ0n) is 9.43. The number of carbonyl (C=O) groups is 1. The molecule has 1 aromatic rings. The highest BCUT2D eigenvalue weighted by Gasteiger charge is 2.37. The smallest absolute Gasteiger partial charge is 0.258 e. The number of pyridine rings is 1. The van der Waals surface area contributed by atoms with E-state index in [1.165, 1.54) is 0 Å². The van der Waals surface area contributed by atoms with Crippen LogP contribution in [0.5, 0.6) is 0 Å². The van der Waals surface area contributed by atoms with Crippen molar-refractivity contribution in [2.24, 2.45) is 0 Å². The second-order valence-electron chi connectivity index (χ2n) is 4.26. The highest BCUT2D eigenvalue weighted by Crippen LogP contribution is 2.24. The van der Waals surface area contributed by atoms with Gasteiger partial charge in [-0.1, -0.05) is 0 Å². The SMILES string of the molecule is CC1(C)OCCN(c2ccc(N)nc2)C1=O. The lowest BCUT2D eigenvalue weighted by atomic mass is 10.1. The molecule has 5 heteroatoms. The third-order valence-corrected chi connectivity index (χ3v) is 2.62. The summed E-state index contributed by atoms with van der Waals surface area (Å²) in [6.07, 6.45) is 1.61. The molecule has 0 bridgehead atoms. The van der Waals surface area contributed by atoms with Crippen LogP contribution in [-0.4, -0.2) is 29.6 Å². The van der Waals surface area contributed by atoms with Gasteiger partial charge in [0.2, 0.25) is 0 Å². The van der Waals surface area contributed by atoms with Crippen molar-refractivity contribution >= 4 is 17.4 Å². The van der Waals surface area contributed by atoms with Crippen molar-refractivity contribution in [3.63, 3.8) is 0 Å². The quantitative estimate of drug-likeness (QED) is 0.761. The van der Waals surface area contributed by atoms with Crippen molar-refractivity contribution in [2.45, 2.75) is 19.4 Å². The summed E-state index contributed by atoms with van der Waals surface area (Å²) in [5.74, 6) is 0.397. The normalized spacial score (nSPS) is 19.9. The van der Waals surface area contributed by atoms with Crippen molar-refractivity contribution in [1.82, 2.24) is 4.98 Å². The van der Waals surface area contributed by atoms with E-state index in [9.17, 15) is 4.79 Å². The fourth-order valence-electron chi connectivity index (χ4n) is 1.68. The fraction of sp³-hybridized carbons (Fsp3) is 0.455. The van der Waals surface area contributed by atoms with Crippen LogP contribution in [0.1, 0.15) is 13.8 Å². The lowest BCUT2D eigenvalue weighted by molar-refractivity contribution is -0.144. The Hall–Kier alpha value is -1.62. The number of anilines is 2. The second-order valence-corrected chi connectivity index (χ2v) is 4.26. The zero-order chi connectivity index (χ0) is 11.8. The van der Waals surface area contributed by atoms with Crippen molar-refractivity contribution < 1.29 is 9.53 Å². The molecule has 1 aliphatic heterocycles. The zero-order valence-corrected chi connectivity index (χ0v) is 9.43. The molecule has 0 saturated carbocycles. The predicted molar refractivity (Wildman–Crippen MR) is 61.0 cm³/mol. The monoisotopic (exact) mass is 221 g/mol. The molecule has 5 nitrogen and oxygen atoms in total. The van der Waals surface area contributed by atoms with E-state index in [-0.39, 0.29) is 5.91 Å². The number of nitrogens with two attached hydrogens (primary N) is 1. The molecule has 0 aliphatic carbocycles. The summed E-state index contributed by atoms with van der Waals surface area (Å²) < 4.78 is 5.42. The molecule has 1 amide bonds. The van der Waals surface area contributed by atoms with Gasteiger partial charge in [0.15, 0.2) is 0 Å². The molecule has 16 heavy (non-hydrogen) atoms. The van der Waals surface area contributed by atoms with Gasteiger partial charge in [-0.25, -0.2) is 4.98 Å². The molecule has 0 atom stereocenters. The van der Waals surface area contributed by atoms with Gasteiger partial charge in [-0.15, -0.1) is 0 Å². The van der Waals surface area contributed by atoms with Gasteiger partial charge >= 0.3 is 0 Å². The van der Waals surface area contributed by atoms with Crippen LogP contribution < -0.4 is 10.6 Å². The van der Waals surface area contributed by atoms with Gasteiger partial charge in [-0.3, -0.25) is 4.79 Å². The van der Waals surface area contributed by atoms with E-state index in [0.29, 0.717) is 19.0 Å². The summed E-state index contributed by atoms with van der Waals surface area (Å²) >= 11 is 0. The van der Waals surface area contributed by atoms with Crippen LogP contribution in [0.3, 0.4) is 0 Å². The summed E-state index contributed by atoms with van der Waals surface area (Å²) in [7, 11) is 0. The molecule has 0 unspecified atom stereocenters. The standard InChI is InChI=1S/C11H15N3O2/c1-11(2)10(15)14(5-6-16-11)8-3-4-9(12)13-7-8/h3-4,7H,5-6H2,1-2H3,(H2,12,13). The largest absolute Gasteiger partial charge is 0.384 e. The molecular formula is C11H15N3O2. The van der Waals surface area contributed by atoms with Gasteiger partial charge in [0.1, 0.15) is 11.4 Å². The van der Waals surface area contributed by atoms with Gasteiger partial charge in [-0.2, -0.15) is 0 Å². The number of morpholine rings is 1. The van der Waals surface area contributed by atoms with E-state index in [1.807, 2.05) is 0 Å². The number of amides is 1. The Bertz CT molecular complexity index is 400. The van der Waals surface area contributed by atoms with E-state index < -0.39 is 5.60 Å². The van der Waals surface area contributed by atoms with E-state index in [0.717, 1.165) is 5.69 Å². The summed E-state index contributed by atoms with van der Waals surface area (Å²) in [5, 5.41) is 0. The summed E-state index contributed by atoms with van der Waals surface area (Å²) in [6.45, 7) is 4.62. The number of aromatic nitrogens is 1. The number of hydrogen-bond acceptors (Lipinski definition) is 4. The summed E-state index contributed by atoms with van der Waals surface area (Å²) in [5.41, 5.74) is 5.50. The van der Waals surface area contributed by atoms with Crippen LogP contribution in [0.15, 0.2) is 18.3 Å². The summed E-state index contributed by atoms with van der Waals surface area (Å²) in [6, 6.07) is 3.48. The second kappa shape index (κ2) is 3.75. The topological polar surface area (TPSA) is 68.5 Å². The van der Waals surface area contributed by atoms with Crippen molar-refractivity contribution in [3.8, 4) is 0 Å². The number of carbonyl (C=O) groups excluding carboxylic acids is 1. The molecule has 0 radical (unpaired) electrons. The van der Waals surface area contributed by atoms with Crippen LogP contribution >= 0.6 is 0 Å². The molecule has 0 aromatic carbocycles. The van der Waals surface area contributed by atoms with E-state index in [1.54, 1.807) is 37.1 Å².